The van der Waals surface area contributed by atoms with E-state index < -0.39 is 0 Å². The van der Waals surface area contributed by atoms with E-state index in [-0.39, 0.29) is 16.9 Å². The van der Waals surface area contributed by atoms with Gasteiger partial charge in [-0.1, -0.05) is 13.8 Å². The SMILES string of the molecule is CNC(=O)c1ccc(NC(=S)NC(=O)c2ccc(OCC(C)C)cc2)cc1. The van der Waals surface area contributed by atoms with E-state index in [9.17, 15) is 9.59 Å². The van der Waals surface area contributed by atoms with E-state index in [4.69, 9.17) is 17.0 Å². The number of nitrogens with one attached hydrogen (secondary N) is 3. The molecule has 27 heavy (non-hydrogen) atoms. The minimum atomic E-state index is -0.315. The van der Waals surface area contributed by atoms with Crippen molar-refractivity contribution in [2.45, 2.75) is 13.8 Å². The number of hydrogen-bond acceptors (Lipinski definition) is 4. The van der Waals surface area contributed by atoms with Crippen LogP contribution in [-0.2, 0) is 0 Å². The second-order valence-corrected chi connectivity index (χ2v) is 6.70. The lowest BCUT2D eigenvalue weighted by atomic mass is 10.2. The molecule has 2 rings (SSSR count). The van der Waals surface area contributed by atoms with Crippen LogP contribution < -0.4 is 20.7 Å². The average molecular weight is 385 g/mol. The molecular weight excluding hydrogens is 362 g/mol. The molecule has 142 valence electrons. The zero-order valence-corrected chi connectivity index (χ0v) is 16.4. The van der Waals surface area contributed by atoms with Gasteiger partial charge in [-0.2, -0.15) is 0 Å². The van der Waals surface area contributed by atoms with Crippen LogP contribution in [0.1, 0.15) is 34.6 Å². The molecule has 0 unspecified atom stereocenters. The predicted octanol–water partition coefficient (Wildman–Crippen LogP) is 3.21. The first kappa shape index (κ1) is 20.4. The van der Waals surface area contributed by atoms with Gasteiger partial charge in [0.25, 0.3) is 11.8 Å². The summed E-state index contributed by atoms with van der Waals surface area (Å²) >= 11 is 5.17. The molecule has 0 aliphatic rings. The van der Waals surface area contributed by atoms with Crippen LogP contribution in [0.3, 0.4) is 0 Å². The quantitative estimate of drug-likeness (QED) is 0.666. The Balaban J connectivity index is 1.89. The van der Waals surface area contributed by atoms with Crippen molar-refractivity contribution >= 4 is 34.8 Å². The summed E-state index contributed by atoms with van der Waals surface area (Å²) in [6.07, 6.45) is 0. The van der Waals surface area contributed by atoms with E-state index in [1.807, 2.05) is 0 Å². The molecule has 2 amide bonds. The number of rotatable bonds is 6. The molecule has 0 spiro atoms. The van der Waals surface area contributed by atoms with Crippen LogP contribution in [0.25, 0.3) is 0 Å². The minimum Gasteiger partial charge on any atom is -0.493 e. The van der Waals surface area contributed by atoms with Crippen LogP contribution in [0, 0.1) is 5.92 Å². The number of ether oxygens (including phenoxy) is 1. The first-order valence-electron chi connectivity index (χ1n) is 8.56. The summed E-state index contributed by atoms with van der Waals surface area (Å²) in [7, 11) is 1.57. The second kappa shape index (κ2) is 9.68. The lowest BCUT2D eigenvalue weighted by Gasteiger charge is -2.11. The highest BCUT2D eigenvalue weighted by Crippen LogP contribution is 2.14. The fourth-order valence-electron chi connectivity index (χ4n) is 2.15. The summed E-state index contributed by atoms with van der Waals surface area (Å²) in [5, 5.41) is 8.26. The molecule has 2 aromatic carbocycles. The smallest absolute Gasteiger partial charge is 0.257 e. The van der Waals surface area contributed by atoms with Gasteiger partial charge in [0.15, 0.2) is 5.11 Å². The molecule has 0 aliphatic carbocycles. The molecule has 0 heterocycles. The van der Waals surface area contributed by atoms with E-state index in [0.29, 0.717) is 29.3 Å². The van der Waals surface area contributed by atoms with Gasteiger partial charge in [0, 0.05) is 23.9 Å². The maximum Gasteiger partial charge on any atom is 0.257 e. The molecule has 3 N–H and O–H groups in total. The summed E-state index contributed by atoms with van der Waals surface area (Å²) in [6.45, 7) is 4.77. The monoisotopic (exact) mass is 385 g/mol. The lowest BCUT2D eigenvalue weighted by molar-refractivity contribution is 0.0959. The van der Waals surface area contributed by atoms with Crippen LogP contribution >= 0.6 is 12.2 Å². The summed E-state index contributed by atoms with van der Waals surface area (Å²) < 4.78 is 5.60. The van der Waals surface area contributed by atoms with Gasteiger partial charge < -0.3 is 15.4 Å². The minimum absolute atomic E-state index is 0.168. The van der Waals surface area contributed by atoms with Gasteiger partial charge in [-0.05, 0) is 66.7 Å². The molecule has 0 aliphatic heterocycles. The molecule has 0 saturated heterocycles. The molecule has 0 radical (unpaired) electrons. The third-order valence-corrected chi connectivity index (χ3v) is 3.76. The molecule has 0 saturated carbocycles. The van der Waals surface area contributed by atoms with Crippen molar-refractivity contribution in [3.8, 4) is 5.75 Å². The molecule has 0 atom stereocenters. The Kier molecular flexibility index (Phi) is 7.31. The van der Waals surface area contributed by atoms with Crippen molar-refractivity contribution in [3.05, 3.63) is 59.7 Å². The zero-order valence-electron chi connectivity index (χ0n) is 15.5. The highest BCUT2D eigenvalue weighted by Gasteiger charge is 2.09. The van der Waals surface area contributed by atoms with Crippen LogP contribution in [-0.4, -0.2) is 30.6 Å². The molecule has 6 nitrogen and oxygen atoms in total. The van der Waals surface area contributed by atoms with Crippen molar-refractivity contribution < 1.29 is 14.3 Å². The number of hydrogen-bond donors (Lipinski definition) is 3. The van der Waals surface area contributed by atoms with Gasteiger partial charge in [0.1, 0.15) is 5.75 Å². The van der Waals surface area contributed by atoms with Crippen molar-refractivity contribution in [2.75, 3.05) is 19.0 Å². The van der Waals surface area contributed by atoms with Gasteiger partial charge in [-0.25, -0.2) is 0 Å². The first-order valence-corrected chi connectivity index (χ1v) is 8.97. The Morgan fingerprint density at radius 1 is 0.963 bits per heavy atom. The highest BCUT2D eigenvalue weighted by atomic mass is 32.1. The van der Waals surface area contributed by atoms with Gasteiger partial charge >= 0.3 is 0 Å². The third kappa shape index (κ3) is 6.38. The molecule has 2 aromatic rings. The number of carbonyl (C=O) groups excluding carboxylic acids is 2. The number of amides is 2. The molecule has 0 bridgehead atoms. The van der Waals surface area contributed by atoms with Gasteiger partial charge in [-0.15, -0.1) is 0 Å². The predicted molar refractivity (Wildman–Crippen MR) is 110 cm³/mol. The molecule has 0 fully saturated rings. The first-order chi connectivity index (χ1) is 12.9. The Morgan fingerprint density at radius 3 is 2.07 bits per heavy atom. The lowest BCUT2D eigenvalue weighted by Crippen LogP contribution is -2.34. The maximum atomic E-state index is 12.3. The molecule has 7 heteroatoms. The number of thiocarbonyl (C=S) groups is 1. The summed E-state index contributed by atoms with van der Waals surface area (Å²) in [5.74, 6) is 0.669. The zero-order chi connectivity index (χ0) is 19.8. The van der Waals surface area contributed by atoms with E-state index >= 15 is 0 Å². The maximum absolute atomic E-state index is 12.3. The fraction of sp³-hybridized carbons (Fsp3) is 0.250. The van der Waals surface area contributed by atoms with Crippen molar-refractivity contribution in [1.29, 1.82) is 0 Å². The summed E-state index contributed by atoms with van der Waals surface area (Å²) in [6, 6.07) is 13.6. The van der Waals surface area contributed by atoms with E-state index in [1.165, 1.54) is 0 Å². The van der Waals surface area contributed by atoms with Crippen LogP contribution in [0.15, 0.2) is 48.5 Å². The summed E-state index contributed by atoms with van der Waals surface area (Å²) in [4.78, 5) is 23.8. The number of carbonyl (C=O) groups is 2. The van der Waals surface area contributed by atoms with Crippen molar-refractivity contribution in [3.63, 3.8) is 0 Å². The standard InChI is InChI=1S/C20H23N3O3S/c1-13(2)12-26-17-10-6-15(7-11-17)19(25)23-20(27)22-16-8-4-14(5-9-16)18(24)21-3/h4-11,13H,12H2,1-3H3,(H,21,24)(H2,22,23,25,27). The largest absolute Gasteiger partial charge is 0.493 e. The van der Waals surface area contributed by atoms with Gasteiger partial charge in [0.05, 0.1) is 6.61 Å². The molecular formula is C20H23N3O3S. The Bertz CT molecular complexity index is 802. The van der Waals surface area contributed by atoms with Crippen LogP contribution in [0.5, 0.6) is 5.75 Å². The second-order valence-electron chi connectivity index (χ2n) is 6.29. The highest BCUT2D eigenvalue weighted by molar-refractivity contribution is 7.80. The molecule has 0 aromatic heterocycles. The van der Waals surface area contributed by atoms with Gasteiger partial charge in [-0.3, -0.25) is 14.9 Å². The van der Waals surface area contributed by atoms with E-state index in [1.54, 1.807) is 55.6 Å². The Hall–Kier alpha value is -2.93. The Labute approximate surface area is 164 Å². The number of anilines is 1. The van der Waals surface area contributed by atoms with Crippen LogP contribution in [0.4, 0.5) is 5.69 Å². The normalized spacial score (nSPS) is 10.2. The Morgan fingerprint density at radius 2 is 1.52 bits per heavy atom. The van der Waals surface area contributed by atoms with E-state index in [2.05, 4.69) is 29.8 Å². The fourth-order valence-corrected chi connectivity index (χ4v) is 2.36. The van der Waals surface area contributed by atoms with Crippen molar-refractivity contribution in [1.82, 2.24) is 10.6 Å². The van der Waals surface area contributed by atoms with Gasteiger partial charge in [0.2, 0.25) is 0 Å². The number of benzene rings is 2. The van der Waals surface area contributed by atoms with Crippen molar-refractivity contribution in [2.24, 2.45) is 5.92 Å². The van der Waals surface area contributed by atoms with E-state index in [0.717, 1.165) is 5.75 Å². The van der Waals surface area contributed by atoms with Crippen LogP contribution in [0.2, 0.25) is 0 Å². The topological polar surface area (TPSA) is 79.5 Å². The third-order valence-electron chi connectivity index (χ3n) is 3.56. The average Bonchev–Trinajstić information content (AvgIpc) is 2.66. The summed E-state index contributed by atoms with van der Waals surface area (Å²) in [5.41, 5.74) is 1.69.